The maximum Gasteiger partial charge on any atom is 0.223 e. The molecular weight excluding hydrogens is 208 g/mol. The molecule has 0 bridgehead atoms. The highest BCUT2D eigenvalue weighted by Crippen LogP contribution is 2.33. The van der Waals surface area contributed by atoms with Gasteiger partial charge in [-0.1, -0.05) is 5.11 Å². The van der Waals surface area contributed by atoms with Gasteiger partial charge in [0.2, 0.25) is 5.91 Å². The average molecular weight is 224 g/mol. The summed E-state index contributed by atoms with van der Waals surface area (Å²) >= 11 is 0. The van der Waals surface area contributed by atoms with E-state index in [9.17, 15) is 9.90 Å². The van der Waals surface area contributed by atoms with E-state index in [0.717, 1.165) is 19.3 Å². The molecule has 1 amide bonds. The van der Waals surface area contributed by atoms with Crippen LogP contribution in [0.1, 0.15) is 25.7 Å². The van der Waals surface area contributed by atoms with E-state index in [-0.39, 0.29) is 11.8 Å². The van der Waals surface area contributed by atoms with E-state index in [1.165, 1.54) is 0 Å². The van der Waals surface area contributed by atoms with Crippen LogP contribution in [0, 0.1) is 5.92 Å². The minimum atomic E-state index is -0.650. The zero-order valence-electron chi connectivity index (χ0n) is 9.17. The standard InChI is InChI=1S/C10H16N4O2/c11-13-12-5-8-4-9(15)14(6-8)7-10(16)2-1-3-10/h8,16H,1-7H2. The average Bonchev–Trinajstić information content (AvgIpc) is 2.54. The van der Waals surface area contributed by atoms with Crippen LogP contribution in [0.25, 0.3) is 10.4 Å². The first-order chi connectivity index (χ1) is 7.63. The van der Waals surface area contributed by atoms with E-state index >= 15 is 0 Å². The molecule has 6 nitrogen and oxygen atoms in total. The van der Waals surface area contributed by atoms with Crippen LogP contribution >= 0.6 is 0 Å². The van der Waals surface area contributed by atoms with Crippen molar-refractivity contribution in [3.8, 4) is 0 Å². The van der Waals surface area contributed by atoms with Crippen LogP contribution in [-0.4, -0.2) is 41.1 Å². The SMILES string of the molecule is [N-]=[N+]=NCC1CC(=O)N(CC2(O)CCC2)C1. The maximum absolute atomic E-state index is 11.6. The lowest BCUT2D eigenvalue weighted by Gasteiger charge is -2.39. The number of carbonyl (C=O) groups is 1. The van der Waals surface area contributed by atoms with Gasteiger partial charge in [-0.05, 0) is 30.7 Å². The zero-order valence-corrected chi connectivity index (χ0v) is 9.17. The van der Waals surface area contributed by atoms with Crippen molar-refractivity contribution >= 4 is 5.91 Å². The number of rotatable bonds is 4. The molecule has 0 radical (unpaired) electrons. The predicted molar refractivity (Wildman–Crippen MR) is 57.5 cm³/mol. The maximum atomic E-state index is 11.6. The lowest BCUT2D eigenvalue weighted by molar-refractivity contribution is -0.133. The molecule has 1 aliphatic carbocycles. The van der Waals surface area contributed by atoms with Crippen LogP contribution in [0.4, 0.5) is 0 Å². The van der Waals surface area contributed by atoms with Crippen molar-refractivity contribution in [1.29, 1.82) is 0 Å². The molecule has 0 aromatic heterocycles. The molecule has 1 aliphatic heterocycles. The van der Waals surface area contributed by atoms with Crippen molar-refractivity contribution in [2.75, 3.05) is 19.6 Å². The molecule has 0 aromatic rings. The van der Waals surface area contributed by atoms with Crippen LogP contribution in [0.3, 0.4) is 0 Å². The van der Waals surface area contributed by atoms with Gasteiger partial charge in [-0.25, -0.2) is 0 Å². The van der Waals surface area contributed by atoms with Gasteiger partial charge in [-0.2, -0.15) is 0 Å². The molecule has 2 aliphatic rings. The monoisotopic (exact) mass is 224 g/mol. The highest BCUT2D eigenvalue weighted by molar-refractivity contribution is 5.78. The topological polar surface area (TPSA) is 89.3 Å². The molecule has 2 rings (SSSR count). The molecule has 6 heteroatoms. The van der Waals surface area contributed by atoms with E-state index in [2.05, 4.69) is 10.0 Å². The third kappa shape index (κ3) is 2.28. The van der Waals surface area contributed by atoms with E-state index in [0.29, 0.717) is 26.1 Å². The number of nitrogens with zero attached hydrogens (tertiary/aromatic N) is 4. The molecule has 2 fully saturated rings. The van der Waals surface area contributed by atoms with E-state index in [4.69, 9.17) is 5.53 Å². The molecule has 16 heavy (non-hydrogen) atoms. The quantitative estimate of drug-likeness (QED) is 0.439. The molecule has 0 aromatic carbocycles. The summed E-state index contributed by atoms with van der Waals surface area (Å²) in [5.74, 6) is 0.186. The van der Waals surface area contributed by atoms with Gasteiger partial charge < -0.3 is 10.0 Å². The van der Waals surface area contributed by atoms with Crippen molar-refractivity contribution in [3.63, 3.8) is 0 Å². The fraction of sp³-hybridized carbons (Fsp3) is 0.900. The first-order valence-electron chi connectivity index (χ1n) is 5.64. The molecule has 1 unspecified atom stereocenters. The predicted octanol–water partition coefficient (Wildman–Crippen LogP) is 1.06. The number of β-amino-alcohol motifs (C(OH)–C–C–N with tert-alkyl or cyclic N) is 1. The van der Waals surface area contributed by atoms with Crippen LogP contribution in [0.5, 0.6) is 0 Å². The smallest absolute Gasteiger partial charge is 0.223 e. The third-order valence-electron chi connectivity index (χ3n) is 3.47. The Balaban J connectivity index is 1.87. The summed E-state index contributed by atoms with van der Waals surface area (Å²) in [5.41, 5.74) is 7.56. The molecule has 1 saturated carbocycles. The first-order valence-corrected chi connectivity index (χ1v) is 5.64. The Hall–Kier alpha value is -1.26. The number of hydrogen-bond acceptors (Lipinski definition) is 3. The molecule has 0 spiro atoms. The molecule has 1 atom stereocenters. The summed E-state index contributed by atoms with van der Waals surface area (Å²) < 4.78 is 0. The molecule has 1 N–H and O–H groups in total. The summed E-state index contributed by atoms with van der Waals surface area (Å²) in [6.45, 7) is 1.43. The normalized spacial score (nSPS) is 27.4. The Kier molecular flexibility index (Phi) is 3.03. The largest absolute Gasteiger partial charge is 0.388 e. The van der Waals surface area contributed by atoms with Crippen LogP contribution < -0.4 is 0 Å². The summed E-state index contributed by atoms with van der Waals surface area (Å²) in [4.78, 5) is 16.0. The Bertz CT molecular complexity index is 334. The molecule has 1 saturated heterocycles. The highest BCUT2D eigenvalue weighted by Gasteiger charge is 2.40. The van der Waals surface area contributed by atoms with Gasteiger partial charge in [-0.15, -0.1) is 0 Å². The lowest BCUT2D eigenvalue weighted by atomic mass is 9.80. The molecule has 1 heterocycles. The number of aliphatic hydroxyl groups is 1. The van der Waals surface area contributed by atoms with Crippen molar-refractivity contribution in [3.05, 3.63) is 10.4 Å². The van der Waals surface area contributed by atoms with E-state index < -0.39 is 5.60 Å². The second-order valence-corrected chi connectivity index (χ2v) is 4.84. The minimum absolute atomic E-state index is 0.0680. The number of azide groups is 1. The third-order valence-corrected chi connectivity index (χ3v) is 3.47. The van der Waals surface area contributed by atoms with Crippen LogP contribution in [0.2, 0.25) is 0 Å². The second-order valence-electron chi connectivity index (χ2n) is 4.84. The van der Waals surface area contributed by atoms with Gasteiger partial charge in [0, 0.05) is 31.0 Å². The summed E-state index contributed by atoms with van der Waals surface area (Å²) in [6, 6.07) is 0. The van der Waals surface area contributed by atoms with Crippen molar-refractivity contribution in [2.45, 2.75) is 31.3 Å². The summed E-state index contributed by atoms with van der Waals surface area (Å²) in [5, 5.41) is 13.5. The van der Waals surface area contributed by atoms with Crippen LogP contribution in [-0.2, 0) is 4.79 Å². The van der Waals surface area contributed by atoms with Gasteiger partial charge in [0.25, 0.3) is 0 Å². The fourth-order valence-corrected chi connectivity index (χ4v) is 2.38. The Morgan fingerprint density at radius 2 is 2.38 bits per heavy atom. The number of likely N-dealkylation sites (tertiary alicyclic amines) is 1. The number of carbonyl (C=O) groups excluding carboxylic acids is 1. The van der Waals surface area contributed by atoms with Gasteiger partial charge in [0.05, 0.1) is 5.60 Å². The van der Waals surface area contributed by atoms with Gasteiger partial charge in [-0.3, -0.25) is 4.79 Å². The summed E-state index contributed by atoms with van der Waals surface area (Å²) in [7, 11) is 0. The molecule has 88 valence electrons. The minimum Gasteiger partial charge on any atom is -0.388 e. The number of amides is 1. The van der Waals surface area contributed by atoms with Gasteiger partial charge in [0.1, 0.15) is 0 Å². The molecular formula is C10H16N4O2. The Morgan fingerprint density at radius 3 is 2.94 bits per heavy atom. The van der Waals surface area contributed by atoms with E-state index in [1.54, 1.807) is 4.90 Å². The second kappa shape index (κ2) is 4.31. The zero-order chi connectivity index (χ0) is 11.6. The van der Waals surface area contributed by atoms with Crippen molar-refractivity contribution in [2.24, 2.45) is 11.0 Å². The lowest BCUT2D eigenvalue weighted by Crippen LogP contribution is -2.48. The van der Waals surface area contributed by atoms with Crippen molar-refractivity contribution in [1.82, 2.24) is 4.90 Å². The van der Waals surface area contributed by atoms with Crippen LogP contribution in [0.15, 0.2) is 5.11 Å². The van der Waals surface area contributed by atoms with Gasteiger partial charge >= 0.3 is 0 Å². The fourth-order valence-electron chi connectivity index (χ4n) is 2.38. The summed E-state index contributed by atoms with van der Waals surface area (Å²) in [6.07, 6.45) is 3.06. The van der Waals surface area contributed by atoms with Crippen molar-refractivity contribution < 1.29 is 9.90 Å². The number of hydrogen-bond donors (Lipinski definition) is 1. The Labute approximate surface area is 93.9 Å². The van der Waals surface area contributed by atoms with E-state index in [1.807, 2.05) is 0 Å². The van der Waals surface area contributed by atoms with Gasteiger partial charge in [0.15, 0.2) is 0 Å². The Morgan fingerprint density at radius 1 is 1.62 bits per heavy atom. The highest BCUT2D eigenvalue weighted by atomic mass is 16.3. The first kappa shape index (κ1) is 11.2.